The van der Waals surface area contributed by atoms with E-state index in [4.69, 9.17) is 9.47 Å². The standard InChI is InChI=1S/C20H27N3O2/c1-5-21-20(22-13-16-8-6-15(2)7-9-16)23-14-17-10-11-18(24-3)19(12-17)25-4/h6-12H,5,13-14H2,1-4H3,(H2,21,22,23). The first-order chi connectivity index (χ1) is 12.2. The van der Waals surface area contributed by atoms with Crippen LogP contribution in [-0.4, -0.2) is 26.7 Å². The van der Waals surface area contributed by atoms with E-state index in [1.165, 1.54) is 11.1 Å². The van der Waals surface area contributed by atoms with E-state index in [1.807, 2.05) is 18.2 Å². The van der Waals surface area contributed by atoms with Gasteiger partial charge in [0.15, 0.2) is 17.5 Å². The van der Waals surface area contributed by atoms with Crippen molar-refractivity contribution in [2.45, 2.75) is 26.9 Å². The fourth-order valence-corrected chi connectivity index (χ4v) is 2.38. The van der Waals surface area contributed by atoms with Gasteiger partial charge in [0.25, 0.3) is 0 Å². The topological polar surface area (TPSA) is 54.9 Å². The Bertz CT molecular complexity index is 697. The summed E-state index contributed by atoms with van der Waals surface area (Å²) in [4.78, 5) is 4.65. The second-order valence-electron chi connectivity index (χ2n) is 5.72. The smallest absolute Gasteiger partial charge is 0.191 e. The zero-order valence-corrected chi connectivity index (χ0v) is 15.4. The largest absolute Gasteiger partial charge is 0.493 e. The van der Waals surface area contributed by atoms with Crippen molar-refractivity contribution in [2.75, 3.05) is 20.8 Å². The predicted molar refractivity (Wildman–Crippen MR) is 102 cm³/mol. The van der Waals surface area contributed by atoms with Gasteiger partial charge < -0.3 is 20.1 Å². The molecule has 134 valence electrons. The molecule has 0 fully saturated rings. The van der Waals surface area contributed by atoms with Crippen LogP contribution in [0.1, 0.15) is 23.6 Å². The fourth-order valence-electron chi connectivity index (χ4n) is 2.38. The minimum atomic E-state index is 0.559. The number of guanidine groups is 1. The molecule has 2 aromatic carbocycles. The van der Waals surface area contributed by atoms with E-state index in [9.17, 15) is 0 Å². The fraction of sp³-hybridized carbons (Fsp3) is 0.350. The van der Waals surface area contributed by atoms with Crippen molar-refractivity contribution >= 4 is 5.96 Å². The summed E-state index contributed by atoms with van der Waals surface area (Å²) < 4.78 is 10.6. The monoisotopic (exact) mass is 341 g/mol. The molecule has 0 saturated heterocycles. The van der Waals surface area contributed by atoms with Crippen LogP contribution in [0.3, 0.4) is 0 Å². The molecule has 0 aliphatic carbocycles. The lowest BCUT2D eigenvalue weighted by Gasteiger charge is -2.12. The van der Waals surface area contributed by atoms with Gasteiger partial charge in [-0.1, -0.05) is 35.9 Å². The Labute approximate surface area is 150 Å². The van der Waals surface area contributed by atoms with Crippen LogP contribution < -0.4 is 20.1 Å². The van der Waals surface area contributed by atoms with E-state index in [1.54, 1.807) is 14.2 Å². The van der Waals surface area contributed by atoms with Gasteiger partial charge in [-0.15, -0.1) is 0 Å². The van der Waals surface area contributed by atoms with Crippen LogP contribution in [0.2, 0.25) is 0 Å². The molecule has 0 spiro atoms. The van der Waals surface area contributed by atoms with E-state index < -0.39 is 0 Å². The van der Waals surface area contributed by atoms with E-state index in [0.29, 0.717) is 12.3 Å². The average Bonchev–Trinajstić information content (AvgIpc) is 2.65. The molecule has 5 nitrogen and oxygen atoms in total. The Balaban J connectivity index is 2.02. The SMILES string of the molecule is CCNC(=NCc1ccc(OC)c(OC)c1)NCc1ccc(C)cc1. The molecule has 0 aliphatic rings. The molecule has 0 heterocycles. The molecular formula is C20H27N3O2. The van der Waals surface area contributed by atoms with Gasteiger partial charge in [-0.05, 0) is 37.1 Å². The second-order valence-corrected chi connectivity index (χ2v) is 5.72. The molecule has 0 bridgehead atoms. The molecule has 0 radical (unpaired) electrons. The van der Waals surface area contributed by atoms with Crippen molar-refractivity contribution in [3.63, 3.8) is 0 Å². The number of hydrogen-bond donors (Lipinski definition) is 2. The summed E-state index contributed by atoms with van der Waals surface area (Å²) in [5.41, 5.74) is 3.55. The summed E-state index contributed by atoms with van der Waals surface area (Å²) in [6, 6.07) is 14.3. The highest BCUT2D eigenvalue weighted by Gasteiger charge is 2.05. The highest BCUT2D eigenvalue weighted by molar-refractivity contribution is 5.79. The van der Waals surface area contributed by atoms with Gasteiger partial charge in [-0.3, -0.25) is 0 Å². The Hall–Kier alpha value is -2.69. The van der Waals surface area contributed by atoms with Gasteiger partial charge in [-0.25, -0.2) is 4.99 Å². The molecule has 2 rings (SSSR count). The predicted octanol–water partition coefficient (Wildman–Crippen LogP) is 3.27. The summed E-state index contributed by atoms with van der Waals surface area (Å²) in [7, 11) is 3.27. The maximum atomic E-state index is 5.34. The number of hydrogen-bond acceptors (Lipinski definition) is 3. The zero-order chi connectivity index (χ0) is 18.1. The van der Waals surface area contributed by atoms with Gasteiger partial charge in [0, 0.05) is 13.1 Å². The van der Waals surface area contributed by atoms with Crippen LogP contribution in [0.15, 0.2) is 47.5 Å². The van der Waals surface area contributed by atoms with Crippen molar-refractivity contribution < 1.29 is 9.47 Å². The van der Waals surface area contributed by atoms with Crippen LogP contribution in [-0.2, 0) is 13.1 Å². The average molecular weight is 341 g/mol. The second kappa shape index (κ2) is 9.57. The Morgan fingerprint density at radius 2 is 1.60 bits per heavy atom. The number of aliphatic imine (C=N–C) groups is 1. The number of rotatable bonds is 7. The van der Waals surface area contributed by atoms with Crippen LogP contribution >= 0.6 is 0 Å². The van der Waals surface area contributed by atoms with E-state index in [2.05, 4.69) is 53.7 Å². The van der Waals surface area contributed by atoms with Crippen molar-refractivity contribution in [3.8, 4) is 11.5 Å². The first-order valence-corrected chi connectivity index (χ1v) is 8.45. The van der Waals surface area contributed by atoms with Crippen LogP contribution in [0.4, 0.5) is 0 Å². The maximum Gasteiger partial charge on any atom is 0.191 e. The van der Waals surface area contributed by atoms with E-state index in [-0.39, 0.29) is 0 Å². The Kier molecular flexibility index (Phi) is 7.14. The highest BCUT2D eigenvalue weighted by atomic mass is 16.5. The molecule has 0 atom stereocenters. The summed E-state index contributed by atoms with van der Waals surface area (Å²) in [6.45, 7) is 6.25. The van der Waals surface area contributed by atoms with Gasteiger partial charge in [0.1, 0.15) is 0 Å². The zero-order valence-electron chi connectivity index (χ0n) is 15.4. The maximum absolute atomic E-state index is 5.34. The molecule has 0 amide bonds. The lowest BCUT2D eigenvalue weighted by Crippen LogP contribution is -2.36. The summed E-state index contributed by atoms with van der Waals surface area (Å²) in [6.07, 6.45) is 0. The number of nitrogens with zero attached hydrogens (tertiary/aromatic N) is 1. The van der Waals surface area contributed by atoms with Crippen LogP contribution in [0, 0.1) is 6.92 Å². The van der Waals surface area contributed by atoms with E-state index in [0.717, 1.165) is 30.4 Å². The first-order valence-electron chi connectivity index (χ1n) is 8.45. The number of aryl methyl sites for hydroxylation is 1. The van der Waals surface area contributed by atoms with Crippen molar-refractivity contribution in [1.29, 1.82) is 0 Å². The van der Waals surface area contributed by atoms with Crippen LogP contribution in [0.25, 0.3) is 0 Å². The first kappa shape index (κ1) is 18.6. The van der Waals surface area contributed by atoms with E-state index >= 15 is 0 Å². The minimum absolute atomic E-state index is 0.559. The molecule has 2 aromatic rings. The molecule has 0 aromatic heterocycles. The lowest BCUT2D eigenvalue weighted by atomic mass is 10.1. The quantitative estimate of drug-likeness (QED) is 0.599. The lowest BCUT2D eigenvalue weighted by molar-refractivity contribution is 0.354. The number of ether oxygens (including phenoxy) is 2. The molecule has 0 saturated carbocycles. The minimum Gasteiger partial charge on any atom is -0.493 e. The Morgan fingerprint density at radius 1 is 0.920 bits per heavy atom. The summed E-state index contributed by atoms with van der Waals surface area (Å²) in [5, 5.41) is 6.63. The molecule has 25 heavy (non-hydrogen) atoms. The number of methoxy groups -OCH3 is 2. The number of benzene rings is 2. The van der Waals surface area contributed by atoms with Crippen molar-refractivity contribution in [2.24, 2.45) is 4.99 Å². The highest BCUT2D eigenvalue weighted by Crippen LogP contribution is 2.27. The Morgan fingerprint density at radius 3 is 2.24 bits per heavy atom. The van der Waals surface area contributed by atoms with Crippen molar-refractivity contribution in [3.05, 3.63) is 59.2 Å². The normalized spacial score (nSPS) is 11.1. The molecule has 0 aliphatic heterocycles. The van der Waals surface area contributed by atoms with Gasteiger partial charge in [-0.2, -0.15) is 0 Å². The summed E-state index contributed by atoms with van der Waals surface area (Å²) >= 11 is 0. The third kappa shape index (κ3) is 5.71. The molecule has 2 N–H and O–H groups in total. The molecule has 0 unspecified atom stereocenters. The third-order valence-electron chi connectivity index (χ3n) is 3.79. The van der Waals surface area contributed by atoms with Crippen molar-refractivity contribution in [1.82, 2.24) is 10.6 Å². The number of nitrogens with one attached hydrogen (secondary N) is 2. The van der Waals surface area contributed by atoms with Crippen LogP contribution in [0.5, 0.6) is 11.5 Å². The third-order valence-corrected chi connectivity index (χ3v) is 3.79. The summed E-state index contributed by atoms with van der Waals surface area (Å²) in [5.74, 6) is 2.23. The van der Waals surface area contributed by atoms with Gasteiger partial charge in [0.05, 0.1) is 20.8 Å². The molecular weight excluding hydrogens is 314 g/mol. The molecule has 5 heteroatoms. The van der Waals surface area contributed by atoms with Gasteiger partial charge in [0.2, 0.25) is 0 Å². The van der Waals surface area contributed by atoms with Gasteiger partial charge >= 0.3 is 0 Å².